The van der Waals surface area contributed by atoms with E-state index in [2.05, 4.69) is 15.2 Å². The summed E-state index contributed by atoms with van der Waals surface area (Å²) in [5.74, 6) is 0.702. The number of halogens is 3. The maximum absolute atomic E-state index is 6.17. The van der Waals surface area contributed by atoms with Crippen molar-refractivity contribution in [3.63, 3.8) is 0 Å². The van der Waals surface area contributed by atoms with E-state index >= 15 is 0 Å². The van der Waals surface area contributed by atoms with Gasteiger partial charge >= 0.3 is 0 Å². The third-order valence-electron chi connectivity index (χ3n) is 3.31. The largest absolute Gasteiger partial charge is 0.497 e. The highest BCUT2D eigenvalue weighted by molar-refractivity contribution is 6.36. The van der Waals surface area contributed by atoms with E-state index in [1.54, 1.807) is 19.5 Å². The van der Waals surface area contributed by atoms with Crippen molar-refractivity contribution in [3.05, 3.63) is 57.0 Å². The van der Waals surface area contributed by atoms with Crippen LogP contribution in [0, 0.1) is 0 Å². The lowest BCUT2D eigenvalue weighted by Gasteiger charge is -2.10. The van der Waals surface area contributed by atoms with Gasteiger partial charge in [-0.1, -0.05) is 34.8 Å². The number of fused-ring (bicyclic) bond motifs is 1. The SMILES string of the molecule is COc1ccc2c(Cc3c(Cl)cncc3Cl)nnc(Cl)c2c1. The molecule has 0 spiro atoms. The van der Waals surface area contributed by atoms with Gasteiger partial charge in [0.15, 0.2) is 5.15 Å². The number of ether oxygens (including phenoxy) is 1. The smallest absolute Gasteiger partial charge is 0.159 e. The normalized spacial score (nSPS) is 10.9. The first-order chi connectivity index (χ1) is 10.6. The van der Waals surface area contributed by atoms with Crippen molar-refractivity contribution in [1.82, 2.24) is 15.2 Å². The van der Waals surface area contributed by atoms with Gasteiger partial charge in [0, 0.05) is 29.6 Å². The molecule has 3 rings (SSSR count). The third kappa shape index (κ3) is 2.82. The lowest BCUT2D eigenvalue weighted by molar-refractivity contribution is 0.415. The fourth-order valence-electron chi connectivity index (χ4n) is 2.19. The van der Waals surface area contributed by atoms with Gasteiger partial charge in [-0.05, 0) is 23.8 Å². The monoisotopic (exact) mass is 353 g/mol. The molecule has 2 heterocycles. The molecule has 0 aliphatic heterocycles. The van der Waals surface area contributed by atoms with Crippen LogP contribution in [-0.2, 0) is 6.42 Å². The summed E-state index contributed by atoms with van der Waals surface area (Å²) in [4.78, 5) is 3.95. The molecule has 3 aromatic rings. The number of rotatable bonds is 3. The molecule has 0 aliphatic rings. The Labute approximate surface area is 142 Å². The average molecular weight is 355 g/mol. The Kier molecular flexibility index (Phi) is 4.34. The van der Waals surface area contributed by atoms with Crippen LogP contribution in [0.15, 0.2) is 30.6 Å². The van der Waals surface area contributed by atoms with E-state index in [1.807, 2.05) is 18.2 Å². The Balaban J connectivity index is 2.14. The average Bonchev–Trinajstić information content (AvgIpc) is 2.53. The van der Waals surface area contributed by atoms with E-state index in [1.165, 1.54) is 0 Å². The van der Waals surface area contributed by atoms with Crippen LogP contribution >= 0.6 is 34.8 Å². The summed E-state index contributed by atoms with van der Waals surface area (Å²) in [5, 5.41) is 11.1. The van der Waals surface area contributed by atoms with Gasteiger partial charge in [-0.25, -0.2) is 0 Å². The standard InChI is InChI=1S/C15H10Cl3N3O/c1-22-8-2-3-9-10(4-8)15(18)21-20-14(9)5-11-12(16)6-19-7-13(11)17/h2-4,6-7H,5H2,1H3. The second kappa shape index (κ2) is 6.24. The van der Waals surface area contributed by atoms with Gasteiger partial charge < -0.3 is 4.74 Å². The molecule has 4 nitrogen and oxygen atoms in total. The van der Waals surface area contributed by atoms with Crippen molar-refractivity contribution >= 4 is 45.6 Å². The van der Waals surface area contributed by atoms with Crippen LogP contribution in [-0.4, -0.2) is 22.3 Å². The van der Waals surface area contributed by atoms with Gasteiger partial charge in [0.25, 0.3) is 0 Å². The zero-order chi connectivity index (χ0) is 15.7. The number of hydrogen-bond acceptors (Lipinski definition) is 4. The van der Waals surface area contributed by atoms with Gasteiger partial charge in [-0.15, -0.1) is 5.10 Å². The first-order valence-electron chi connectivity index (χ1n) is 6.37. The molecule has 0 fully saturated rings. The Morgan fingerprint density at radius 2 is 1.73 bits per heavy atom. The van der Waals surface area contributed by atoms with E-state index in [0.29, 0.717) is 27.4 Å². The number of aromatic nitrogens is 3. The Morgan fingerprint density at radius 1 is 1.00 bits per heavy atom. The summed E-state index contributed by atoms with van der Waals surface area (Å²) < 4.78 is 5.22. The van der Waals surface area contributed by atoms with E-state index in [4.69, 9.17) is 39.5 Å². The van der Waals surface area contributed by atoms with Gasteiger partial charge in [-0.2, -0.15) is 5.10 Å². The minimum Gasteiger partial charge on any atom is -0.497 e. The van der Waals surface area contributed by atoms with Crippen LogP contribution in [0.4, 0.5) is 0 Å². The molecular weight excluding hydrogens is 345 g/mol. The van der Waals surface area contributed by atoms with Crippen molar-refractivity contribution in [3.8, 4) is 5.75 Å². The zero-order valence-electron chi connectivity index (χ0n) is 11.5. The lowest BCUT2D eigenvalue weighted by atomic mass is 10.1. The Bertz CT molecular complexity index is 835. The van der Waals surface area contributed by atoms with Crippen molar-refractivity contribution in [2.45, 2.75) is 6.42 Å². The Morgan fingerprint density at radius 3 is 2.41 bits per heavy atom. The molecule has 0 saturated carbocycles. The topological polar surface area (TPSA) is 47.9 Å². The highest BCUT2D eigenvalue weighted by atomic mass is 35.5. The molecule has 0 atom stereocenters. The van der Waals surface area contributed by atoms with Crippen LogP contribution in [0.1, 0.15) is 11.3 Å². The molecule has 0 radical (unpaired) electrons. The summed E-state index contributed by atoms with van der Waals surface area (Å²) in [6.45, 7) is 0. The maximum Gasteiger partial charge on any atom is 0.159 e. The van der Waals surface area contributed by atoms with Gasteiger partial charge in [-0.3, -0.25) is 4.98 Å². The van der Waals surface area contributed by atoms with E-state index in [-0.39, 0.29) is 0 Å². The summed E-state index contributed by atoms with van der Waals surface area (Å²) >= 11 is 18.5. The molecule has 7 heteroatoms. The molecular formula is C15H10Cl3N3O. The first kappa shape index (κ1) is 15.3. The molecule has 1 aromatic carbocycles. The number of hydrogen-bond donors (Lipinski definition) is 0. The molecule has 0 amide bonds. The van der Waals surface area contributed by atoms with E-state index in [9.17, 15) is 0 Å². The summed E-state index contributed by atoms with van der Waals surface area (Å²) in [7, 11) is 1.60. The predicted molar refractivity (Wildman–Crippen MR) is 88.2 cm³/mol. The summed E-state index contributed by atoms with van der Waals surface area (Å²) in [5.41, 5.74) is 1.49. The van der Waals surface area contributed by atoms with Crippen LogP contribution in [0.2, 0.25) is 15.2 Å². The van der Waals surface area contributed by atoms with E-state index < -0.39 is 0 Å². The molecule has 22 heavy (non-hydrogen) atoms. The highest BCUT2D eigenvalue weighted by Crippen LogP contribution is 2.31. The molecule has 2 aromatic heterocycles. The zero-order valence-corrected chi connectivity index (χ0v) is 13.7. The van der Waals surface area contributed by atoms with Crippen LogP contribution in [0.5, 0.6) is 5.75 Å². The van der Waals surface area contributed by atoms with Gasteiger partial charge in [0.2, 0.25) is 0 Å². The van der Waals surface area contributed by atoms with Crippen molar-refractivity contribution in [1.29, 1.82) is 0 Å². The summed E-state index contributed by atoms with van der Waals surface area (Å²) in [6.07, 6.45) is 3.54. The Hall–Kier alpha value is -1.62. The molecule has 0 bridgehead atoms. The number of methoxy groups -OCH3 is 1. The second-order valence-corrected chi connectivity index (χ2v) is 5.78. The van der Waals surface area contributed by atoms with Crippen molar-refractivity contribution in [2.24, 2.45) is 0 Å². The highest BCUT2D eigenvalue weighted by Gasteiger charge is 2.13. The van der Waals surface area contributed by atoms with Crippen LogP contribution < -0.4 is 4.74 Å². The fraction of sp³-hybridized carbons (Fsp3) is 0.133. The van der Waals surface area contributed by atoms with Crippen LogP contribution in [0.25, 0.3) is 10.8 Å². The van der Waals surface area contributed by atoms with Crippen molar-refractivity contribution < 1.29 is 4.74 Å². The molecule has 0 aliphatic carbocycles. The summed E-state index contributed by atoms with van der Waals surface area (Å²) in [6, 6.07) is 5.57. The predicted octanol–water partition coefficient (Wildman–Crippen LogP) is 4.58. The van der Waals surface area contributed by atoms with Crippen LogP contribution in [0.3, 0.4) is 0 Å². The molecule has 112 valence electrons. The van der Waals surface area contributed by atoms with Crippen molar-refractivity contribution in [2.75, 3.05) is 7.11 Å². The van der Waals surface area contributed by atoms with Gasteiger partial charge in [0.1, 0.15) is 5.75 Å². The number of benzene rings is 1. The molecule has 0 N–H and O–H groups in total. The third-order valence-corrected chi connectivity index (χ3v) is 4.25. The second-order valence-electron chi connectivity index (χ2n) is 4.61. The van der Waals surface area contributed by atoms with Gasteiger partial charge in [0.05, 0.1) is 22.8 Å². The fourth-order valence-corrected chi connectivity index (χ4v) is 2.88. The lowest BCUT2D eigenvalue weighted by Crippen LogP contribution is -1.99. The molecule has 0 unspecified atom stereocenters. The quantitative estimate of drug-likeness (QED) is 0.690. The maximum atomic E-state index is 6.17. The minimum absolute atomic E-state index is 0.324. The number of pyridine rings is 1. The molecule has 0 saturated heterocycles. The number of nitrogens with zero attached hydrogens (tertiary/aromatic N) is 3. The minimum atomic E-state index is 0.324. The first-order valence-corrected chi connectivity index (χ1v) is 7.50. The van der Waals surface area contributed by atoms with E-state index in [0.717, 1.165) is 22.0 Å².